The zero-order valence-electron chi connectivity index (χ0n) is 11.9. The molecule has 2 unspecified atom stereocenters. The van der Waals surface area contributed by atoms with Crippen LogP contribution in [-0.2, 0) is 4.79 Å². The number of nitrogens with zero attached hydrogens (tertiary/aromatic N) is 1. The van der Waals surface area contributed by atoms with Crippen LogP contribution < -0.4 is 5.32 Å². The third-order valence-corrected chi connectivity index (χ3v) is 5.17. The van der Waals surface area contributed by atoms with Crippen LogP contribution in [0.2, 0.25) is 0 Å². The van der Waals surface area contributed by atoms with Crippen LogP contribution in [0.25, 0.3) is 0 Å². The van der Waals surface area contributed by atoms with E-state index in [9.17, 15) is 4.79 Å². The maximum Gasteiger partial charge on any atom is 0.241 e. The Morgan fingerprint density at radius 1 is 1.39 bits per heavy atom. The van der Waals surface area contributed by atoms with E-state index < -0.39 is 0 Å². The molecule has 1 saturated heterocycles. The number of rotatable bonds is 5. The highest BCUT2D eigenvalue weighted by Crippen LogP contribution is 2.61. The second-order valence-electron chi connectivity index (χ2n) is 6.92. The minimum absolute atomic E-state index is 0.0463. The highest BCUT2D eigenvalue weighted by atomic mass is 16.2. The zero-order valence-corrected chi connectivity index (χ0v) is 11.9. The summed E-state index contributed by atoms with van der Waals surface area (Å²) in [6.07, 6.45) is 6.81. The fraction of sp³-hybridized carbons (Fsp3) is 0.933. The third kappa shape index (κ3) is 1.97. The first-order chi connectivity index (χ1) is 8.57. The molecule has 0 radical (unpaired) electrons. The topological polar surface area (TPSA) is 32.3 Å². The van der Waals surface area contributed by atoms with Crippen molar-refractivity contribution in [3.8, 4) is 0 Å². The maximum atomic E-state index is 12.5. The molecule has 1 N–H and O–H groups in total. The molecule has 0 aromatic carbocycles. The van der Waals surface area contributed by atoms with Crippen molar-refractivity contribution in [3.05, 3.63) is 0 Å². The van der Waals surface area contributed by atoms with Gasteiger partial charge in [0.05, 0.1) is 12.2 Å². The van der Waals surface area contributed by atoms with Crippen LogP contribution in [0, 0.1) is 17.3 Å². The van der Waals surface area contributed by atoms with Crippen molar-refractivity contribution in [3.63, 3.8) is 0 Å². The van der Waals surface area contributed by atoms with Crippen molar-refractivity contribution in [2.24, 2.45) is 17.3 Å². The van der Waals surface area contributed by atoms with Crippen LogP contribution in [0.3, 0.4) is 0 Å². The molecule has 18 heavy (non-hydrogen) atoms. The summed E-state index contributed by atoms with van der Waals surface area (Å²) in [5.41, 5.74) is 0.524. The van der Waals surface area contributed by atoms with Crippen molar-refractivity contribution in [1.82, 2.24) is 10.2 Å². The van der Waals surface area contributed by atoms with E-state index >= 15 is 0 Å². The van der Waals surface area contributed by atoms with Crippen LogP contribution in [0.15, 0.2) is 0 Å². The molecular formula is C15H26N2O. The van der Waals surface area contributed by atoms with Gasteiger partial charge in [0.15, 0.2) is 0 Å². The third-order valence-electron chi connectivity index (χ3n) is 5.17. The van der Waals surface area contributed by atoms with Crippen molar-refractivity contribution < 1.29 is 4.79 Å². The molecule has 2 aliphatic carbocycles. The van der Waals surface area contributed by atoms with E-state index in [1.165, 1.54) is 25.7 Å². The van der Waals surface area contributed by atoms with Crippen molar-refractivity contribution >= 4 is 5.91 Å². The fourth-order valence-corrected chi connectivity index (χ4v) is 3.60. The zero-order chi connectivity index (χ0) is 12.9. The van der Waals surface area contributed by atoms with Gasteiger partial charge in [-0.2, -0.15) is 0 Å². The van der Waals surface area contributed by atoms with Crippen LogP contribution >= 0.6 is 0 Å². The van der Waals surface area contributed by atoms with Gasteiger partial charge in [-0.25, -0.2) is 0 Å². The van der Waals surface area contributed by atoms with E-state index in [2.05, 4.69) is 31.0 Å². The SMILES string of the molecule is CCC1NC(C(C)C)C(=O)N1CC1(C2CC2)CC1. The van der Waals surface area contributed by atoms with Gasteiger partial charge < -0.3 is 4.90 Å². The molecule has 3 aliphatic rings. The average Bonchev–Trinajstić information content (AvgIpc) is 3.20. The molecule has 3 rings (SSSR count). The van der Waals surface area contributed by atoms with Gasteiger partial charge in [0.1, 0.15) is 0 Å². The van der Waals surface area contributed by atoms with Gasteiger partial charge >= 0.3 is 0 Å². The van der Waals surface area contributed by atoms with Gasteiger partial charge in [0, 0.05) is 6.54 Å². The quantitative estimate of drug-likeness (QED) is 0.812. The molecule has 102 valence electrons. The van der Waals surface area contributed by atoms with E-state index in [4.69, 9.17) is 0 Å². The molecule has 0 spiro atoms. The second-order valence-corrected chi connectivity index (χ2v) is 6.92. The van der Waals surface area contributed by atoms with E-state index in [-0.39, 0.29) is 12.2 Å². The summed E-state index contributed by atoms with van der Waals surface area (Å²) in [5.74, 6) is 1.68. The molecule has 2 saturated carbocycles. The lowest BCUT2D eigenvalue weighted by Gasteiger charge is -2.28. The summed E-state index contributed by atoms with van der Waals surface area (Å²) in [5, 5.41) is 3.53. The molecule has 1 aliphatic heterocycles. The fourth-order valence-electron chi connectivity index (χ4n) is 3.60. The van der Waals surface area contributed by atoms with E-state index in [0.717, 1.165) is 18.9 Å². The standard InChI is InChI=1S/C15H26N2O/c1-4-12-16-13(10(2)3)14(18)17(12)9-15(7-8-15)11-5-6-11/h10-13,16H,4-9H2,1-3H3. The largest absolute Gasteiger partial charge is 0.325 e. The Kier molecular flexibility index (Phi) is 2.92. The van der Waals surface area contributed by atoms with Gasteiger partial charge in [-0.15, -0.1) is 0 Å². The number of carbonyl (C=O) groups excluding carboxylic acids is 1. The monoisotopic (exact) mass is 250 g/mol. The smallest absolute Gasteiger partial charge is 0.241 e. The minimum atomic E-state index is 0.0463. The van der Waals surface area contributed by atoms with E-state index in [0.29, 0.717) is 17.2 Å². The Bertz CT molecular complexity index is 344. The first-order valence-electron chi connectivity index (χ1n) is 7.64. The Hall–Kier alpha value is -0.570. The maximum absolute atomic E-state index is 12.5. The number of hydrogen-bond donors (Lipinski definition) is 1. The van der Waals surface area contributed by atoms with Gasteiger partial charge in [0.2, 0.25) is 5.91 Å². The second kappa shape index (κ2) is 4.22. The number of carbonyl (C=O) groups is 1. The Labute approximate surface area is 110 Å². The molecule has 1 heterocycles. The minimum Gasteiger partial charge on any atom is -0.325 e. The molecule has 0 aromatic rings. The van der Waals surface area contributed by atoms with Crippen LogP contribution in [0.4, 0.5) is 0 Å². The van der Waals surface area contributed by atoms with Crippen LogP contribution in [0.5, 0.6) is 0 Å². The molecule has 3 nitrogen and oxygen atoms in total. The first kappa shape index (κ1) is 12.5. The van der Waals surface area contributed by atoms with Gasteiger partial charge in [-0.1, -0.05) is 20.8 Å². The molecule has 0 aromatic heterocycles. The number of nitrogens with one attached hydrogen (secondary N) is 1. The Morgan fingerprint density at radius 3 is 2.50 bits per heavy atom. The van der Waals surface area contributed by atoms with E-state index in [1.54, 1.807) is 0 Å². The van der Waals surface area contributed by atoms with E-state index in [1.807, 2.05) is 0 Å². The lowest BCUT2D eigenvalue weighted by Crippen LogP contribution is -2.41. The van der Waals surface area contributed by atoms with Crippen molar-refractivity contribution in [1.29, 1.82) is 0 Å². The summed E-state index contributed by atoms with van der Waals surface area (Å²) >= 11 is 0. The predicted molar refractivity (Wildman–Crippen MR) is 71.9 cm³/mol. The highest BCUT2D eigenvalue weighted by Gasteiger charge is 2.56. The summed E-state index contributed by atoms with van der Waals surface area (Å²) in [4.78, 5) is 14.7. The predicted octanol–water partition coefficient (Wildman–Crippen LogP) is 2.37. The first-order valence-corrected chi connectivity index (χ1v) is 7.64. The molecule has 0 bridgehead atoms. The van der Waals surface area contributed by atoms with Crippen molar-refractivity contribution in [2.75, 3.05) is 6.54 Å². The molecule has 2 atom stereocenters. The lowest BCUT2D eigenvalue weighted by molar-refractivity contribution is -0.131. The van der Waals surface area contributed by atoms with Gasteiger partial charge in [-0.3, -0.25) is 10.1 Å². The van der Waals surface area contributed by atoms with Gasteiger partial charge in [0.25, 0.3) is 0 Å². The number of amides is 1. The Balaban J connectivity index is 1.71. The summed E-state index contributed by atoms with van der Waals surface area (Å²) in [7, 11) is 0. The lowest BCUT2D eigenvalue weighted by atomic mass is 9.99. The van der Waals surface area contributed by atoms with Gasteiger partial charge in [-0.05, 0) is 49.4 Å². The van der Waals surface area contributed by atoms with Crippen LogP contribution in [0.1, 0.15) is 52.9 Å². The highest BCUT2D eigenvalue weighted by molar-refractivity contribution is 5.84. The summed E-state index contributed by atoms with van der Waals surface area (Å²) in [6.45, 7) is 7.47. The number of hydrogen-bond acceptors (Lipinski definition) is 2. The molecular weight excluding hydrogens is 224 g/mol. The Morgan fingerprint density at radius 2 is 2.06 bits per heavy atom. The molecule has 1 amide bonds. The summed E-state index contributed by atoms with van der Waals surface area (Å²) < 4.78 is 0. The normalized spacial score (nSPS) is 34.4. The van der Waals surface area contributed by atoms with Crippen molar-refractivity contribution in [2.45, 2.75) is 65.1 Å². The summed E-state index contributed by atoms with van der Waals surface area (Å²) in [6, 6.07) is 0.0463. The van der Waals surface area contributed by atoms with Crippen LogP contribution in [-0.4, -0.2) is 29.6 Å². The molecule has 3 heteroatoms. The average molecular weight is 250 g/mol. The molecule has 3 fully saturated rings.